The number of aromatic nitrogens is 2. The van der Waals surface area contributed by atoms with E-state index in [4.69, 9.17) is 10.5 Å². The maximum atomic E-state index is 5.92. The van der Waals surface area contributed by atoms with Gasteiger partial charge >= 0.3 is 0 Å². The second kappa shape index (κ2) is 4.23. The fourth-order valence-corrected chi connectivity index (χ4v) is 2.04. The largest absolute Gasteiger partial charge is 0.384 e. The van der Waals surface area contributed by atoms with E-state index in [1.807, 2.05) is 10.7 Å². The van der Waals surface area contributed by atoms with Gasteiger partial charge in [0.1, 0.15) is 5.82 Å². The molecule has 0 bridgehead atoms. The maximum Gasteiger partial charge on any atom is 0.122 e. The molecule has 4 nitrogen and oxygen atoms in total. The van der Waals surface area contributed by atoms with Crippen LogP contribution in [0.5, 0.6) is 0 Å². The van der Waals surface area contributed by atoms with Crippen LogP contribution in [0.1, 0.15) is 44.3 Å². The Labute approximate surface area is 90.4 Å². The van der Waals surface area contributed by atoms with E-state index >= 15 is 0 Å². The third-order valence-corrected chi connectivity index (χ3v) is 2.91. The highest BCUT2D eigenvalue weighted by Gasteiger charge is 2.20. The summed E-state index contributed by atoms with van der Waals surface area (Å²) >= 11 is 0. The second-order valence-corrected chi connectivity index (χ2v) is 4.42. The molecule has 0 atom stereocenters. The molecule has 0 aromatic carbocycles. The average Bonchev–Trinajstić information content (AvgIpc) is 2.62. The van der Waals surface area contributed by atoms with E-state index in [0.717, 1.165) is 37.6 Å². The van der Waals surface area contributed by atoms with Gasteiger partial charge in [-0.05, 0) is 26.7 Å². The topological polar surface area (TPSA) is 53.1 Å². The summed E-state index contributed by atoms with van der Waals surface area (Å²) in [6.07, 6.45) is 2.13. The predicted octanol–water partition coefficient (Wildman–Crippen LogP) is 1.94. The fraction of sp³-hybridized carbons (Fsp3) is 0.727. The first kappa shape index (κ1) is 10.5. The minimum atomic E-state index is 0.332. The smallest absolute Gasteiger partial charge is 0.122 e. The van der Waals surface area contributed by atoms with E-state index in [1.54, 1.807) is 0 Å². The summed E-state index contributed by atoms with van der Waals surface area (Å²) < 4.78 is 7.23. The lowest BCUT2D eigenvalue weighted by molar-refractivity contribution is 0.0843. The van der Waals surface area contributed by atoms with Gasteiger partial charge in [-0.1, -0.05) is 0 Å². The van der Waals surface area contributed by atoms with Crippen LogP contribution in [0.3, 0.4) is 0 Å². The van der Waals surface area contributed by atoms with Gasteiger partial charge in [0, 0.05) is 31.2 Å². The van der Waals surface area contributed by atoms with E-state index in [9.17, 15) is 0 Å². The second-order valence-electron chi connectivity index (χ2n) is 4.42. The molecule has 15 heavy (non-hydrogen) atoms. The van der Waals surface area contributed by atoms with Crippen molar-refractivity contribution in [1.29, 1.82) is 0 Å². The van der Waals surface area contributed by atoms with Crippen molar-refractivity contribution in [1.82, 2.24) is 9.78 Å². The summed E-state index contributed by atoms with van der Waals surface area (Å²) in [7, 11) is 0. The van der Waals surface area contributed by atoms with Crippen molar-refractivity contribution in [3.8, 4) is 0 Å². The summed E-state index contributed by atoms with van der Waals surface area (Å²) in [5.41, 5.74) is 7.05. The van der Waals surface area contributed by atoms with E-state index in [0.29, 0.717) is 12.0 Å². The first-order valence-electron chi connectivity index (χ1n) is 5.61. The van der Waals surface area contributed by atoms with E-state index in [-0.39, 0.29) is 0 Å². The number of nitrogens with two attached hydrogens (primary N) is 1. The van der Waals surface area contributed by atoms with Crippen LogP contribution in [0, 0.1) is 0 Å². The maximum absolute atomic E-state index is 5.92. The molecule has 0 spiro atoms. The van der Waals surface area contributed by atoms with Gasteiger partial charge in [-0.3, -0.25) is 0 Å². The number of anilines is 1. The van der Waals surface area contributed by atoms with Gasteiger partial charge in [-0.25, -0.2) is 4.68 Å². The van der Waals surface area contributed by atoms with Crippen LogP contribution in [0.15, 0.2) is 6.07 Å². The zero-order chi connectivity index (χ0) is 10.8. The summed E-state index contributed by atoms with van der Waals surface area (Å²) in [5, 5.41) is 4.57. The summed E-state index contributed by atoms with van der Waals surface area (Å²) in [6, 6.07) is 2.34. The fourth-order valence-electron chi connectivity index (χ4n) is 2.04. The van der Waals surface area contributed by atoms with Gasteiger partial charge in [0.2, 0.25) is 0 Å². The van der Waals surface area contributed by atoms with Crippen LogP contribution in [0.2, 0.25) is 0 Å². The zero-order valence-corrected chi connectivity index (χ0v) is 9.44. The summed E-state index contributed by atoms with van der Waals surface area (Å²) in [6.45, 7) is 5.88. The standard InChI is InChI=1S/C11H19N3O/c1-8(2)14-11(12)7-10(13-14)9-3-5-15-6-4-9/h7-9H,3-6,12H2,1-2H3. The normalized spacial score (nSPS) is 18.6. The predicted molar refractivity (Wildman–Crippen MR) is 59.8 cm³/mol. The summed E-state index contributed by atoms with van der Waals surface area (Å²) in [5.74, 6) is 1.30. The highest BCUT2D eigenvalue weighted by atomic mass is 16.5. The molecule has 2 N–H and O–H groups in total. The molecule has 1 aliphatic heterocycles. The van der Waals surface area contributed by atoms with Crippen molar-refractivity contribution in [2.24, 2.45) is 0 Å². The minimum absolute atomic E-state index is 0.332. The molecule has 1 saturated heterocycles. The Morgan fingerprint density at radius 2 is 2.13 bits per heavy atom. The van der Waals surface area contributed by atoms with Crippen LogP contribution in [0.4, 0.5) is 5.82 Å². The van der Waals surface area contributed by atoms with Crippen molar-refractivity contribution >= 4 is 5.82 Å². The third-order valence-electron chi connectivity index (χ3n) is 2.91. The van der Waals surface area contributed by atoms with Crippen LogP contribution in [0.25, 0.3) is 0 Å². The molecule has 4 heteroatoms. The molecule has 0 amide bonds. The van der Waals surface area contributed by atoms with Crippen LogP contribution in [-0.2, 0) is 4.74 Å². The third kappa shape index (κ3) is 2.15. The number of hydrogen-bond acceptors (Lipinski definition) is 3. The number of nitrogen functional groups attached to an aromatic ring is 1. The van der Waals surface area contributed by atoms with E-state index in [2.05, 4.69) is 18.9 Å². The Morgan fingerprint density at radius 1 is 1.47 bits per heavy atom. The molecule has 1 fully saturated rings. The Hall–Kier alpha value is -1.03. The Morgan fingerprint density at radius 3 is 2.67 bits per heavy atom. The molecule has 0 saturated carbocycles. The number of ether oxygens (including phenoxy) is 1. The molecule has 0 unspecified atom stereocenters. The highest BCUT2D eigenvalue weighted by molar-refractivity contribution is 5.33. The molecule has 2 rings (SSSR count). The van der Waals surface area contributed by atoms with Crippen molar-refractivity contribution < 1.29 is 4.74 Å². The average molecular weight is 209 g/mol. The van der Waals surface area contributed by atoms with Gasteiger partial charge in [-0.15, -0.1) is 0 Å². The van der Waals surface area contributed by atoms with Crippen molar-refractivity contribution in [3.05, 3.63) is 11.8 Å². The molecular weight excluding hydrogens is 190 g/mol. The number of hydrogen-bond donors (Lipinski definition) is 1. The number of rotatable bonds is 2. The molecule has 0 aliphatic carbocycles. The van der Waals surface area contributed by atoms with Crippen LogP contribution >= 0.6 is 0 Å². The van der Waals surface area contributed by atoms with Gasteiger partial charge < -0.3 is 10.5 Å². The lowest BCUT2D eigenvalue weighted by atomic mass is 9.97. The quantitative estimate of drug-likeness (QED) is 0.809. The molecule has 0 radical (unpaired) electrons. The van der Waals surface area contributed by atoms with Gasteiger partial charge in [0.05, 0.1) is 5.69 Å². The van der Waals surface area contributed by atoms with Gasteiger partial charge in [-0.2, -0.15) is 5.10 Å². The molecular formula is C11H19N3O. The molecule has 84 valence electrons. The lowest BCUT2D eigenvalue weighted by Gasteiger charge is -2.20. The molecule has 1 aromatic heterocycles. The van der Waals surface area contributed by atoms with Crippen molar-refractivity contribution in [2.45, 2.75) is 38.6 Å². The SMILES string of the molecule is CC(C)n1nc(C2CCOCC2)cc1N. The number of nitrogens with zero attached hydrogens (tertiary/aromatic N) is 2. The van der Waals surface area contributed by atoms with Crippen molar-refractivity contribution in [3.63, 3.8) is 0 Å². The Balaban J connectivity index is 2.17. The monoisotopic (exact) mass is 209 g/mol. The van der Waals surface area contributed by atoms with Gasteiger partial charge in [0.25, 0.3) is 0 Å². The van der Waals surface area contributed by atoms with Crippen LogP contribution in [-0.4, -0.2) is 23.0 Å². The Bertz CT molecular complexity index is 327. The summed E-state index contributed by atoms with van der Waals surface area (Å²) in [4.78, 5) is 0. The van der Waals surface area contributed by atoms with E-state index < -0.39 is 0 Å². The lowest BCUT2D eigenvalue weighted by Crippen LogP contribution is -2.15. The van der Waals surface area contributed by atoms with E-state index in [1.165, 1.54) is 0 Å². The molecule has 1 aromatic rings. The Kier molecular flexibility index (Phi) is 2.95. The van der Waals surface area contributed by atoms with Crippen molar-refractivity contribution in [2.75, 3.05) is 18.9 Å². The first-order chi connectivity index (χ1) is 7.18. The highest BCUT2D eigenvalue weighted by Crippen LogP contribution is 2.27. The van der Waals surface area contributed by atoms with Crippen LogP contribution < -0.4 is 5.73 Å². The minimum Gasteiger partial charge on any atom is -0.384 e. The zero-order valence-electron chi connectivity index (χ0n) is 9.44. The molecule has 2 heterocycles. The molecule has 1 aliphatic rings. The first-order valence-corrected chi connectivity index (χ1v) is 5.61. The van der Waals surface area contributed by atoms with Gasteiger partial charge in [0.15, 0.2) is 0 Å².